The highest BCUT2D eigenvalue weighted by Crippen LogP contribution is 2.22. The lowest BCUT2D eigenvalue weighted by molar-refractivity contribution is 0.220. The number of furan rings is 1. The normalized spacial score (nSPS) is 10.7. The summed E-state index contributed by atoms with van der Waals surface area (Å²) in [7, 11) is 1.69. The standard InChI is InChI=1S/C18H17N7O2/c1-25(11-13-10-19-22-15(13)12-6-3-2-4-7-12)18(26)21-17-20-16(23-24-17)14-8-5-9-27-14/h2-10H,11H2,1H3,(H,19,22)(H2,20,21,23,24,26). The van der Waals surface area contributed by atoms with E-state index in [0.29, 0.717) is 18.1 Å². The van der Waals surface area contributed by atoms with Crippen LogP contribution in [0.3, 0.4) is 0 Å². The van der Waals surface area contributed by atoms with Crippen LogP contribution in [0.15, 0.2) is 59.3 Å². The van der Waals surface area contributed by atoms with Gasteiger partial charge in [-0.25, -0.2) is 4.79 Å². The lowest BCUT2D eigenvalue weighted by Gasteiger charge is -2.16. The lowest BCUT2D eigenvalue weighted by Crippen LogP contribution is -2.31. The largest absolute Gasteiger partial charge is 0.461 e. The van der Waals surface area contributed by atoms with Gasteiger partial charge in [0.1, 0.15) is 0 Å². The monoisotopic (exact) mass is 363 g/mol. The summed E-state index contributed by atoms with van der Waals surface area (Å²) in [4.78, 5) is 18.2. The minimum absolute atomic E-state index is 0.175. The first-order valence-electron chi connectivity index (χ1n) is 8.27. The predicted octanol–water partition coefficient (Wildman–Crippen LogP) is 3.12. The second-order valence-corrected chi connectivity index (χ2v) is 5.91. The van der Waals surface area contributed by atoms with E-state index in [1.54, 1.807) is 31.6 Å². The van der Waals surface area contributed by atoms with Gasteiger partial charge >= 0.3 is 6.03 Å². The molecule has 2 amide bonds. The Hall–Kier alpha value is -3.88. The van der Waals surface area contributed by atoms with Gasteiger partial charge in [-0.05, 0) is 17.7 Å². The zero-order valence-electron chi connectivity index (χ0n) is 14.5. The van der Waals surface area contributed by atoms with Crippen molar-refractivity contribution in [2.75, 3.05) is 12.4 Å². The number of benzene rings is 1. The highest BCUT2D eigenvalue weighted by Gasteiger charge is 2.16. The first kappa shape index (κ1) is 16.6. The van der Waals surface area contributed by atoms with E-state index < -0.39 is 0 Å². The number of hydrogen-bond acceptors (Lipinski definition) is 5. The molecule has 0 aliphatic rings. The van der Waals surface area contributed by atoms with Crippen LogP contribution in [0.1, 0.15) is 5.56 Å². The second-order valence-electron chi connectivity index (χ2n) is 5.91. The second kappa shape index (κ2) is 7.16. The number of nitrogens with zero attached hydrogens (tertiary/aromatic N) is 4. The van der Waals surface area contributed by atoms with Crippen LogP contribution >= 0.6 is 0 Å². The van der Waals surface area contributed by atoms with E-state index in [9.17, 15) is 4.79 Å². The summed E-state index contributed by atoms with van der Waals surface area (Å²) < 4.78 is 5.24. The van der Waals surface area contributed by atoms with E-state index in [-0.39, 0.29) is 12.0 Å². The number of carbonyl (C=O) groups excluding carboxylic acids is 1. The van der Waals surface area contributed by atoms with Gasteiger partial charge < -0.3 is 9.32 Å². The fourth-order valence-corrected chi connectivity index (χ4v) is 2.65. The summed E-state index contributed by atoms with van der Waals surface area (Å²) in [6, 6.07) is 13.0. The van der Waals surface area contributed by atoms with E-state index in [4.69, 9.17) is 4.42 Å². The van der Waals surface area contributed by atoms with E-state index in [1.165, 1.54) is 4.90 Å². The predicted molar refractivity (Wildman–Crippen MR) is 98.6 cm³/mol. The van der Waals surface area contributed by atoms with Crippen molar-refractivity contribution in [3.8, 4) is 22.8 Å². The molecule has 0 radical (unpaired) electrons. The van der Waals surface area contributed by atoms with Crippen molar-refractivity contribution >= 4 is 12.0 Å². The van der Waals surface area contributed by atoms with E-state index >= 15 is 0 Å². The number of aromatic nitrogens is 5. The van der Waals surface area contributed by atoms with Gasteiger partial charge in [0, 0.05) is 12.6 Å². The van der Waals surface area contributed by atoms with Crippen LogP contribution in [0.5, 0.6) is 0 Å². The van der Waals surface area contributed by atoms with Crippen molar-refractivity contribution < 1.29 is 9.21 Å². The Kier molecular flexibility index (Phi) is 4.40. The number of amides is 2. The molecule has 0 saturated heterocycles. The van der Waals surface area contributed by atoms with Crippen molar-refractivity contribution in [3.05, 3.63) is 60.5 Å². The van der Waals surface area contributed by atoms with Crippen LogP contribution < -0.4 is 5.32 Å². The third-order valence-corrected chi connectivity index (χ3v) is 3.99. The molecular formula is C18H17N7O2. The highest BCUT2D eigenvalue weighted by atomic mass is 16.3. The van der Waals surface area contributed by atoms with Gasteiger partial charge in [0.15, 0.2) is 11.6 Å². The number of rotatable bonds is 5. The maximum absolute atomic E-state index is 12.4. The van der Waals surface area contributed by atoms with Crippen LogP contribution in [-0.2, 0) is 6.54 Å². The number of carbonyl (C=O) groups is 1. The summed E-state index contributed by atoms with van der Waals surface area (Å²) in [6.07, 6.45) is 3.26. The number of H-pyrrole nitrogens is 2. The Morgan fingerprint density at radius 2 is 2.04 bits per heavy atom. The van der Waals surface area contributed by atoms with Crippen LogP contribution in [0.2, 0.25) is 0 Å². The quantitative estimate of drug-likeness (QED) is 0.504. The molecule has 0 fully saturated rings. The first-order chi connectivity index (χ1) is 13.2. The molecule has 0 unspecified atom stereocenters. The molecule has 3 N–H and O–H groups in total. The van der Waals surface area contributed by atoms with E-state index in [1.807, 2.05) is 30.3 Å². The van der Waals surface area contributed by atoms with Crippen molar-refractivity contribution in [2.45, 2.75) is 6.54 Å². The third kappa shape index (κ3) is 3.56. The topological polar surface area (TPSA) is 116 Å². The molecule has 0 aliphatic carbocycles. The van der Waals surface area contributed by atoms with Crippen LogP contribution in [0.4, 0.5) is 10.7 Å². The van der Waals surface area contributed by atoms with Crippen LogP contribution in [-0.4, -0.2) is 43.4 Å². The molecular weight excluding hydrogens is 346 g/mol. The smallest absolute Gasteiger partial charge is 0.324 e. The van der Waals surface area contributed by atoms with Gasteiger partial charge in [-0.1, -0.05) is 30.3 Å². The van der Waals surface area contributed by atoms with Crippen LogP contribution in [0.25, 0.3) is 22.8 Å². The summed E-state index contributed by atoms with van der Waals surface area (Å²) in [5, 5.41) is 16.5. The maximum atomic E-state index is 12.4. The molecule has 4 aromatic rings. The molecule has 9 heteroatoms. The Bertz CT molecular complexity index is 1020. The molecule has 0 aliphatic heterocycles. The molecule has 3 heterocycles. The van der Waals surface area contributed by atoms with Crippen LogP contribution in [0, 0.1) is 0 Å². The Morgan fingerprint density at radius 1 is 1.19 bits per heavy atom. The van der Waals surface area contributed by atoms with Gasteiger partial charge in [0.05, 0.1) is 24.7 Å². The van der Waals surface area contributed by atoms with Crippen molar-refractivity contribution in [3.63, 3.8) is 0 Å². The number of anilines is 1. The Labute approximate surface area is 154 Å². The first-order valence-corrected chi connectivity index (χ1v) is 8.27. The Morgan fingerprint density at radius 3 is 2.81 bits per heavy atom. The average molecular weight is 363 g/mol. The SMILES string of the molecule is CN(Cc1cn[nH]c1-c1ccccc1)C(=O)Nc1n[nH]c(-c2ccco2)n1. The molecule has 0 saturated carbocycles. The minimum Gasteiger partial charge on any atom is -0.461 e. The van der Waals surface area contributed by atoms with Gasteiger partial charge in [-0.15, -0.1) is 5.10 Å². The van der Waals surface area contributed by atoms with Gasteiger partial charge in [-0.3, -0.25) is 15.5 Å². The summed E-state index contributed by atoms with van der Waals surface area (Å²) >= 11 is 0. The van der Waals surface area contributed by atoms with E-state index in [0.717, 1.165) is 16.8 Å². The number of aromatic amines is 2. The lowest BCUT2D eigenvalue weighted by atomic mass is 10.1. The molecule has 9 nitrogen and oxygen atoms in total. The third-order valence-electron chi connectivity index (χ3n) is 3.99. The summed E-state index contributed by atoms with van der Waals surface area (Å²) in [5.41, 5.74) is 2.80. The molecule has 0 spiro atoms. The van der Waals surface area contributed by atoms with Gasteiger partial charge in [-0.2, -0.15) is 10.1 Å². The Balaban J connectivity index is 1.43. The molecule has 136 valence electrons. The van der Waals surface area contributed by atoms with Gasteiger partial charge in [0.2, 0.25) is 0 Å². The van der Waals surface area contributed by atoms with E-state index in [2.05, 4.69) is 30.7 Å². The molecule has 1 aromatic carbocycles. The number of urea groups is 1. The number of hydrogen-bond donors (Lipinski definition) is 3. The zero-order valence-corrected chi connectivity index (χ0v) is 14.5. The highest BCUT2D eigenvalue weighted by molar-refractivity contribution is 5.87. The average Bonchev–Trinajstić information content (AvgIpc) is 3.44. The maximum Gasteiger partial charge on any atom is 0.324 e. The molecule has 3 aromatic heterocycles. The molecule has 0 atom stereocenters. The van der Waals surface area contributed by atoms with Gasteiger partial charge in [0.25, 0.3) is 5.95 Å². The van der Waals surface area contributed by atoms with Crippen molar-refractivity contribution in [1.29, 1.82) is 0 Å². The molecule has 4 rings (SSSR count). The van der Waals surface area contributed by atoms with Crippen molar-refractivity contribution in [1.82, 2.24) is 30.3 Å². The summed E-state index contributed by atoms with van der Waals surface area (Å²) in [6.45, 7) is 0.377. The molecule has 27 heavy (non-hydrogen) atoms. The fraction of sp³-hybridized carbons (Fsp3) is 0.111. The summed E-state index contributed by atoms with van der Waals surface area (Å²) in [5.74, 6) is 1.16. The van der Waals surface area contributed by atoms with Crippen molar-refractivity contribution in [2.24, 2.45) is 0 Å². The zero-order chi connectivity index (χ0) is 18.6. The molecule has 0 bridgehead atoms. The number of nitrogens with one attached hydrogen (secondary N) is 3. The fourth-order valence-electron chi connectivity index (χ4n) is 2.65. The minimum atomic E-state index is -0.333.